The zero-order valence-corrected chi connectivity index (χ0v) is 9.19. The topological polar surface area (TPSA) is 17.1 Å². The molecule has 1 aromatic carbocycles. The number of halogens is 1. The standard InChI is InChI=1S/C10H7BrOS/c11-9-3-1-7(2-4-9)8-5-10(12)13-6-8/h1-5H,6H2. The summed E-state index contributed by atoms with van der Waals surface area (Å²) >= 11 is 4.74. The van der Waals surface area contributed by atoms with Crippen molar-refractivity contribution in [3.05, 3.63) is 40.4 Å². The third kappa shape index (κ3) is 2.03. The minimum absolute atomic E-state index is 0.165. The van der Waals surface area contributed by atoms with Gasteiger partial charge in [-0.3, -0.25) is 4.79 Å². The Morgan fingerprint density at radius 2 is 1.92 bits per heavy atom. The molecule has 0 saturated heterocycles. The van der Waals surface area contributed by atoms with E-state index in [9.17, 15) is 4.79 Å². The van der Waals surface area contributed by atoms with Crippen LogP contribution in [-0.2, 0) is 4.79 Å². The summed E-state index contributed by atoms with van der Waals surface area (Å²) in [6.07, 6.45) is 1.72. The summed E-state index contributed by atoms with van der Waals surface area (Å²) in [6, 6.07) is 8.03. The quantitative estimate of drug-likeness (QED) is 0.767. The second-order valence-electron chi connectivity index (χ2n) is 2.78. The second kappa shape index (κ2) is 3.68. The van der Waals surface area contributed by atoms with Gasteiger partial charge in [0.15, 0.2) is 0 Å². The molecule has 0 bridgehead atoms. The van der Waals surface area contributed by atoms with Crippen LogP contribution in [0, 0.1) is 0 Å². The molecule has 0 saturated carbocycles. The third-order valence-electron chi connectivity index (χ3n) is 1.88. The average Bonchev–Trinajstić information content (AvgIpc) is 2.53. The fourth-order valence-corrected chi connectivity index (χ4v) is 2.24. The van der Waals surface area contributed by atoms with Gasteiger partial charge in [0, 0.05) is 10.2 Å². The number of rotatable bonds is 1. The Bertz CT molecular complexity index is 367. The van der Waals surface area contributed by atoms with E-state index in [0.29, 0.717) is 0 Å². The first-order valence-electron chi connectivity index (χ1n) is 3.89. The highest BCUT2D eigenvalue weighted by Gasteiger charge is 2.13. The van der Waals surface area contributed by atoms with Gasteiger partial charge in [-0.2, -0.15) is 0 Å². The number of hydrogen-bond donors (Lipinski definition) is 0. The first-order valence-corrected chi connectivity index (χ1v) is 5.67. The maximum absolute atomic E-state index is 11.0. The Labute approximate surface area is 89.3 Å². The molecule has 0 spiro atoms. The van der Waals surface area contributed by atoms with Gasteiger partial charge >= 0.3 is 0 Å². The lowest BCUT2D eigenvalue weighted by atomic mass is 10.1. The highest BCUT2D eigenvalue weighted by atomic mass is 79.9. The van der Waals surface area contributed by atoms with Crippen molar-refractivity contribution < 1.29 is 4.79 Å². The first kappa shape index (κ1) is 9.03. The largest absolute Gasteiger partial charge is 0.282 e. The Morgan fingerprint density at radius 3 is 2.46 bits per heavy atom. The van der Waals surface area contributed by atoms with Gasteiger partial charge < -0.3 is 0 Å². The summed E-state index contributed by atoms with van der Waals surface area (Å²) in [7, 11) is 0. The van der Waals surface area contributed by atoms with E-state index in [4.69, 9.17) is 0 Å². The Hall–Kier alpha value is -0.540. The summed E-state index contributed by atoms with van der Waals surface area (Å²) in [5.41, 5.74) is 2.27. The van der Waals surface area contributed by atoms with E-state index in [0.717, 1.165) is 21.4 Å². The number of hydrogen-bond acceptors (Lipinski definition) is 2. The van der Waals surface area contributed by atoms with Gasteiger partial charge in [0.05, 0.1) is 0 Å². The van der Waals surface area contributed by atoms with Crippen LogP contribution >= 0.6 is 27.7 Å². The predicted molar refractivity (Wildman–Crippen MR) is 59.6 cm³/mol. The molecule has 0 aromatic heterocycles. The van der Waals surface area contributed by atoms with Gasteiger partial charge in [-0.1, -0.05) is 39.8 Å². The molecule has 0 N–H and O–H groups in total. The molecule has 0 fully saturated rings. The summed E-state index contributed by atoms with van der Waals surface area (Å²) < 4.78 is 1.06. The van der Waals surface area contributed by atoms with E-state index in [2.05, 4.69) is 15.9 Å². The summed E-state index contributed by atoms with van der Waals surface area (Å²) in [5.74, 6) is 0.806. The second-order valence-corrected chi connectivity index (χ2v) is 4.68. The molecule has 3 heteroatoms. The van der Waals surface area contributed by atoms with Crippen molar-refractivity contribution in [1.29, 1.82) is 0 Å². The van der Waals surface area contributed by atoms with E-state index in [1.54, 1.807) is 6.08 Å². The lowest BCUT2D eigenvalue weighted by molar-refractivity contribution is -0.106. The molecule has 66 valence electrons. The van der Waals surface area contributed by atoms with Gasteiger partial charge in [0.1, 0.15) is 0 Å². The molecule has 0 radical (unpaired) electrons. The van der Waals surface area contributed by atoms with Crippen LogP contribution in [0.3, 0.4) is 0 Å². The van der Waals surface area contributed by atoms with Crippen LogP contribution in [0.4, 0.5) is 0 Å². The molecule has 1 heterocycles. The number of benzene rings is 1. The SMILES string of the molecule is O=C1C=C(c2ccc(Br)cc2)CS1. The van der Waals surface area contributed by atoms with Crippen LogP contribution in [0.15, 0.2) is 34.8 Å². The van der Waals surface area contributed by atoms with Gasteiger partial charge in [0.2, 0.25) is 5.12 Å². The molecule has 1 aliphatic heterocycles. The first-order chi connectivity index (χ1) is 6.25. The van der Waals surface area contributed by atoms with Gasteiger partial charge in [-0.25, -0.2) is 0 Å². The predicted octanol–water partition coefficient (Wildman–Crippen LogP) is 3.11. The fraction of sp³-hybridized carbons (Fsp3) is 0.100. The number of carbonyl (C=O) groups excluding carboxylic acids is 1. The minimum atomic E-state index is 0.165. The molecule has 0 unspecified atom stereocenters. The van der Waals surface area contributed by atoms with Crippen molar-refractivity contribution in [3.63, 3.8) is 0 Å². The fourth-order valence-electron chi connectivity index (χ4n) is 1.21. The van der Waals surface area contributed by atoms with Crippen LogP contribution in [0.5, 0.6) is 0 Å². The smallest absolute Gasteiger partial charge is 0.212 e. The zero-order valence-electron chi connectivity index (χ0n) is 6.79. The molecule has 0 atom stereocenters. The van der Waals surface area contributed by atoms with Crippen molar-refractivity contribution >= 4 is 38.4 Å². The summed E-state index contributed by atoms with van der Waals surface area (Å²) in [5, 5.41) is 0.165. The molecular weight excluding hydrogens is 248 g/mol. The highest BCUT2D eigenvalue weighted by molar-refractivity contribution is 9.10. The Balaban J connectivity index is 2.31. The lowest BCUT2D eigenvalue weighted by Gasteiger charge is -1.99. The van der Waals surface area contributed by atoms with Crippen molar-refractivity contribution in [2.45, 2.75) is 0 Å². The van der Waals surface area contributed by atoms with Crippen LogP contribution in [0.1, 0.15) is 5.56 Å². The monoisotopic (exact) mass is 254 g/mol. The van der Waals surface area contributed by atoms with Crippen molar-refractivity contribution in [3.8, 4) is 0 Å². The minimum Gasteiger partial charge on any atom is -0.282 e. The van der Waals surface area contributed by atoms with E-state index < -0.39 is 0 Å². The van der Waals surface area contributed by atoms with Gasteiger partial charge in [-0.05, 0) is 29.3 Å². The van der Waals surface area contributed by atoms with Crippen molar-refractivity contribution in [2.75, 3.05) is 5.75 Å². The summed E-state index contributed by atoms with van der Waals surface area (Å²) in [6.45, 7) is 0. The van der Waals surface area contributed by atoms with E-state index >= 15 is 0 Å². The molecule has 1 aliphatic rings. The zero-order chi connectivity index (χ0) is 9.26. The van der Waals surface area contributed by atoms with E-state index in [-0.39, 0.29) is 5.12 Å². The number of carbonyl (C=O) groups is 1. The van der Waals surface area contributed by atoms with Crippen molar-refractivity contribution in [2.24, 2.45) is 0 Å². The lowest BCUT2D eigenvalue weighted by Crippen LogP contribution is -1.82. The molecule has 0 aliphatic carbocycles. The molecule has 1 aromatic rings. The maximum atomic E-state index is 11.0. The van der Waals surface area contributed by atoms with Crippen LogP contribution in [0.25, 0.3) is 5.57 Å². The van der Waals surface area contributed by atoms with Crippen LogP contribution < -0.4 is 0 Å². The molecular formula is C10H7BrOS. The van der Waals surface area contributed by atoms with E-state index in [1.165, 1.54) is 11.8 Å². The van der Waals surface area contributed by atoms with Crippen LogP contribution in [0.2, 0.25) is 0 Å². The van der Waals surface area contributed by atoms with Gasteiger partial charge in [-0.15, -0.1) is 0 Å². The Kier molecular flexibility index (Phi) is 2.56. The van der Waals surface area contributed by atoms with Crippen LogP contribution in [-0.4, -0.2) is 10.9 Å². The summed E-state index contributed by atoms with van der Waals surface area (Å²) in [4.78, 5) is 11.0. The third-order valence-corrected chi connectivity index (χ3v) is 3.26. The molecule has 2 rings (SSSR count). The highest BCUT2D eigenvalue weighted by Crippen LogP contribution is 2.27. The van der Waals surface area contributed by atoms with Crippen molar-refractivity contribution in [1.82, 2.24) is 0 Å². The van der Waals surface area contributed by atoms with Gasteiger partial charge in [0.25, 0.3) is 0 Å². The Morgan fingerprint density at radius 1 is 1.23 bits per heavy atom. The molecule has 1 nitrogen and oxygen atoms in total. The maximum Gasteiger partial charge on any atom is 0.212 e. The van der Waals surface area contributed by atoms with E-state index in [1.807, 2.05) is 24.3 Å². The molecule has 0 amide bonds. The average molecular weight is 255 g/mol. The molecule has 13 heavy (non-hydrogen) atoms. The normalized spacial score (nSPS) is 16.1. The number of thioether (sulfide) groups is 1.